The Balaban J connectivity index is 1.22. The van der Waals surface area contributed by atoms with E-state index in [2.05, 4.69) is 25.6 Å². The van der Waals surface area contributed by atoms with Crippen LogP contribution >= 0.6 is 0 Å². The summed E-state index contributed by atoms with van der Waals surface area (Å²) in [6, 6.07) is 15.3. The summed E-state index contributed by atoms with van der Waals surface area (Å²) < 4.78 is 18.1. The molecule has 208 valence electrons. The second kappa shape index (κ2) is 12.4. The van der Waals surface area contributed by atoms with E-state index in [0.717, 1.165) is 36.5 Å². The molecule has 40 heavy (non-hydrogen) atoms. The van der Waals surface area contributed by atoms with Crippen molar-refractivity contribution in [1.82, 2.24) is 25.1 Å². The zero-order valence-electron chi connectivity index (χ0n) is 22.8. The lowest BCUT2D eigenvalue weighted by Crippen LogP contribution is -2.43. The number of methoxy groups -OCH3 is 3. The number of hydrogen-bond donors (Lipinski definition) is 2. The number of nitrogens with zero attached hydrogens (tertiary/aromatic N) is 5. The zero-order valence-corrected chi connectivity index (χ0v) is 22.8. The molecule has 4 aromatic rings. The first-order chi connectivity index (χ1) is 19.6. The number of aromatic nitrogens is 4. The summed E-state index contributed by atoms with van der Waals surface area (Å²) in [5.41, 5.74) is 2.67. The Bertz CT molecular complexity index is 1420. The van der Waals surface area contributed by atoms with Crippen molar-refractivity contribution in [3.8, 4) is 22.9 Å². The van der Waals surface area contributed by atoms with Crippen LogP contribution in [0.4, 0.5) is 17.5 Å². The second-order valence-corrected chi connectivity index (χ2v) is 9.40. The number of piperidine rings is 1. The van der Waals surface area contributed by atoms with Crippen molar-refractivity contribution < 1.29 is 19.0 Å². The Morgan fingerprint density at radius 1 is 1.02 bits per heavy atom. The molecule has 0 aliphatic carbocycles. The number of ether oxygens (including phenoxy) is 3. The Kier molecular flexibility index (Phi) is 8.29. The van der Waals surface area contributed by atoms with Crippen molar-refractivity contribution >= 4 is 23.4 Å². The van der Waals surface area contributed by atoms with Crippen LogP contribution in [-0.2, 0) is 11.3 Å². The molecule has 2 N–H and O–H groups in total. The number of hydrogen-bond acceptors (Lipinski definition) is 9. The van der Waals surface area contributed by atoms with Gasteiger partial charge in [-0.1, -0.05) is 12.1 Å². The number of carbonyl (C=O) groups is 1. The number of nitrogens with one attached hydrogen (secondary N) is 2. The Hall–Kier alpha value is -4.80. The predicted octanol–water partition coefficient (Wildman–Crippen LogP) is 3.96. The smallest absolute Gasteiger partial charge is 0.229 e. The molecule has 11 nitrogen and oxygen atoms in total. The maximum atomic E-state index is 13.1. The average Bonchev–Trinajstić information content (AvgIpc) is 3.55. The summed E-state index contributed by atoms with van der Waals surface area (Å²) >= 11 is 0. The number of benzene rings is 2. The zero-order chi connectivity index (χ0) is 27.9. The first-order valence-corrected chi connectivity index (χ1v) is 13.1. The molecule has 1 amide bonds. The van der Waals surface area contributed by atoms with Crippen LogP contribution in [0.3, 0.4) is 0 Å². The third-order valence-corrected chi connectivity index (χ3v) is 6.82. The molecule has 11 heteroatoms. The first kappa shape index (κ1) is 26.8. The minimum Gasteiger partial charge on any atom is -0.493 e. The van der Waals surface area contributed by atoms with Gasteiger partial charge in [0.1, 0.15) is 5.82 Å². The number of amides is 1. The third-order valence-electron chi connectivity index (χ3n) is 6.82. The summed E-state index contributed by atoms with van der Waals surface area (Å²) in [6.07, 6.45) is 7.07. The van der Waals surface area contributed by atoms with Crippen molar-refractivity contribution in [3.63, 3.8) is 0 Å². The lowest BCUT2D eigenvalue weighted by Gasteiger charge is -2.33. The summed E-state index contributed by atoms with van der Waals surface area (Å²) in [5, 5.41) is 10.6. The van der Waals surface area contributed by atoms with Crippen LogP contribution in [0, 0.1) is 5.92 Å². The van der Waals surface area contributed by atoms with Gasteiger partial charge in [0.15, 0.2) is 11.5 Å². The number of anilines is 3. The van der Waals surface area contributed by atoms with E-state index in [1.807, 2.05) is 42.6 Å². The Morgan fingerprint density at radius 3 is 2.58 bits per heavy atom. The van der Waals surface area contributed by atoms with E-state index in [-0.39, 0.29) is 11.8 Å². The van der Waals surface area contributed by atoms with E-state index < -0.39 is 0 Å². The van der Waals surface area contributed by atoms with Gasteiger partial charge in [-0.25, -0.2) is 9.67 Å². The van der Waals surface area contributed by atoms with Gasteiger partial charge in [-0.3, -0.25) is 4.79 Å². The molecular weight excluding hydrogens is 510 g/mol. The van der Waals surface area contributed by atoms with Crippen LogP contribution in [-0.4, -0.2) is 60.1 Å². The highest BCUT2D eigenvalue weighted by Gasteiger charge is 2.26. The summed E-state index contributed by atoms with van der Waals surface area (Å²) in [5.74, 6) is 2.65. The minimum atomic E-state index is -0.135. The molecule has 1 atom stereocenters. The molecule has 0 radical (unpaired) electrons. The maximum Gasteiger partial charge on any atom is 0.229 e. The number of rotatable bonds is 10. The van der Waals surface area contributed by atoms with Crippen molar-refractivity contribution in [2.24, 2.45) is 5.92 Å². The summed E-state index contributed by atoms with van der Waals surface area (Å²) in [4.78, 5) is 24.3. The first-order valence-electron chi connectivity index (χ1n) is 13.1. The normalized spacial score (nSPS) is 14.9. The van der Waals surface area contributed by atoms with Crippen molar-refractivity contribution in [3.05, 3.63) is 72.7 Å². The second-order valence-electron chi connectivity index (χ2n) is 9.40. The molecule has 5 rings (SSSR count). The van der Waals surface area contributed by atoms with Gasteiger partial charge in [0.25, 0.3) is 0 Å². The molecule has 2 aromatic carbocycles. The molecule has 1 aliphatic rings. The maximum absolute atomic E-state index is 13.1. The number of carbonyl (C=O) groups excluding carboxylic acids is 1. The highest BCUT2D eigenvalue weighted by Crippen LogP contribution is 2.40. The van der Waals surface area contributed by atoms with Gasteiger partial charge in [0, 0.05) is 56.0 Å². The van der Waals surface area contributed by atoms with E-state index in [1.165, 1.54) is 0 Å². The highest BCUT2D eigenvalue weighted by molar-refractivity contribution is 5.79. The van der Waals surface area contributed by atoms with E-state index >= 15 is 0 Å². The molecule has 0 spiro atoms. The van der Waals surface area contributed by atoms with Crippen LogP contribution in [0.25, 0.3) is 5.69 Å². The van der Waals surface area contributed by atoms with Crippen molar-refractivity contribution in [2.75, 3.05) is 44.6 Å². The molecule has 1 saturated heterocycles. The summed E-state index contributed by atoms with van der Waals surface area (Å²) in [6.45, 7) is 1.86. The van der Waals surface area contributed by atoms with Gasteiger partial charge in [-0.15, -0.1) is 0 Å². The predicted molar refractivity (Wildman–Crippen MR) is 152 cm³/mol. The van der Waals surface area contributed by atoms with Crippen LogP contribution in [0.5, 0.6) is 17.2 Å². The van der Waals surface area contributed by atoms with Gasteiger partial charge < -0.3 is 29.7 Å². The Labute approximate surface area is 233 Å². The summed E-state index contributed by atoms with van der Waals surface area (Å²) in [7, 11) is 4.70. The van der Waals surface area contributed by atoms with Gasteiger partial charge >= 0.3 is 0 Å². The highest BCUT2D eigenvalue weighted by atomic mass is 16.5. The Morgan fingerprint density at radius 2 is 1.85 bits per heavy atom. The quantitative estimate of drug-likeness (QED) is 0.307. The van der Waals surface area contributed by atoms with Crippen LogP contribution < -0.4 is 29.7 Å². The molecule has 3 heterocycles. The minimum absolute atomic E-state index is 0.0408. The van der Waals surface area contributed by atoms with E-state index in [1.54, 1.807) is 50.5 Å². The van der Waals surface area contributed by atoms with Gasteiger partial charge in [-0.05, 0) is 42.7 Å². The fourth-order valence-corrected chi connectivity index (χ4v) is 4.83. The van der Waals surface area contributed by atoms with Crippen LogP contribution in [0.2, 0.25) is 0 Å². The lowest BCUT2D eigenvalue weighted by atomic mass is 9.97. The molecule has 2 aromatic heterocycles. The molecule has 0 unspecified atom stereocenters. The lowest BCUT2D eigenvalue weighted by molar-refractivity contribution is -0.125. The van der Waals surface area contributed by atoms with Crippen LogP contribution in [0.15, 0.2) is 67.1 Å². The SMILES string of the molecule is COc1cc(Nc2nccc(N3CCC[C@H](C(=O)NCc4cccc(-n5cccn5)c4)C3)n2)cc(OC)c1OC. The van der Waals surface area contributed by atoms with E-state index in [4.69, 9.17) is 19.2 Å². The van der Waals surface area contributed by atoms with E-state index in [9.17, 15) is 4.79 Å². The molecular formula is C29H33N7O4. The fourth-order valence-electron chi connectivity index (χ4n) is 4.83. The standard InChI is InChI=1S/C29H33N7O4/c1-38-24-16-22(17-25(39-2)27(24)40-3)33-29-30-12-10-26(34-29)35-13-5-8-21(19-35)28(37)31-18-20-7-4-9-23(15-20)36-14-6-11-32-36/h4,6-7,9-12,14-17,21H,5,8,13,18-19H2,1-3H3,(H,31,37)(H,30,33,34)/t21-/m0/s1. The van der Waals surface area contributed by atoms with Crippen molar-refractivity contribution in [2.45, 2.75) is 19.4 Å². The average molecular weight is 544 g/mol. The largest absolute Gasteiger partial charge is 0.493 e. The molecule has 1 aliphatic heterocycles. The molecule has 0 saturated carbocycles. The third kappa shape index (κ3) is 6.09. The van der Waals surface area contributed by atoms with E-state index in [0.29, 0.717) is 42.0 Å². The van der Waals surface area contributed by atoms with Gasteiger partial charge in [-0.2, -0.15) is 10.1 Å². The fraction of sp³-hybridized carbons (Fsp3) is 0.310. The topological polar surface area (TPSA) is 116 Å². The van der Waals surface area contributed by atoms with Crippen LogP contribution in [0.1, 0.15) is 18.4 Å². The monoisotopic (exact) mass is 543 g/mol. The molecule has 1 fully saturated rings. The van der Waals surface area contributed by atoms with Gasteiger partial charge in [0.2, 0.25) is 17.6 Å². The van der Waals surface area contributed by atoms with Crippen molar-refractivity contribution in [1.29, 1.82) is 0 Å². The van der Waals surface area contributed by atoms with Gasteiger partial charge in [0.05, 0.1) is 32.9 Å². The molecule has 0 bridgehead atoms.